The summed E-state index contributed by atoms with van der Waals surface area (Å²) in [5, 5.41) is 0. The van der Waals surface area contributed by atoms with Gasteiger partial charge in [-0.2, -0.15) is 0 Å². The molecule has 0 spiro atoms. The monoisotopic (exact) mass is 271 g/mol. The summed E-state index contributed by atoms with van der Waals surface area (Å²) < 4.78 is 10.4. The minimum absolute atomic E-state index is 0.0420. The summed E-state index contributed by atoms with van der Waals surface area (Å²) in [7, 11) is 3.20. The molecule has 0 unspecified atom stereocenters. The van der Waals surface area contributed by atoms with Crippen LogP contribution >= 0.6 is 0 Å². The number of rotatable bonds is 6. The molecule has 0 radical (unpaired) electrons. The van der Waals surface area contributed by atoms with Crippen molar-refractivity contribution >= 4 is 5.78 Å². The first-order valence-electron chi connectivity index (χ1n) is 6.39. The van der Waals surface area contributed by atoms with E-state index in [1.807, 2.05) is 24.3 Å². The predicted octanol–water partition coefficient (Wildman–Crippen LogP) is 2.91. The van der Waals surface area contributed by atoms with Crippen molar-refractivity contribution in [3.8, 4) is 11.5 Å². The Hall–Kier alpha value is -2.36. The molecule has 0 saturated carbocycles. The number of ketones is 1. The Morgan fingerprint density at radius 3 is 2.55 bits per heavy atom. The van der Waals surface area contributed by atoms with Gasteiger partial charge in [0.25, 0.3) is 0 Å². The highest BCUT2D eigenvalue weighted by Crippen LogP contribution is 2.28. The number of hydrogen-bond acceptors (Lipinski definition) is 4. The van der Waals surface area contributed by atoms with Crippen LogP contribution in [0.25, 0.3) is 0 Å². The highest BCUT2D eigenvalue weighted by molar-refractivity contribution is 5.94. The Labute approximate surface area is 118 Å². The summed E-state index contributed by atoms with van der Waals surface area (Å²) >= 11 is 0. The van der Waals surface area contributed by atoms with Crippen LogP contribution in [-0.2, 0) is 6.42 Å². The fraction of sp³-hybridized carbons (Fsp3) is 0.250. The van der Waals surface area contributed by atoms with Crippen LogP contribution in [0, 0.1) is 0 Å². The summed E-state index contributed by atoms with van der Waals surface area (Å²) in [6.45, 7) is 0. The highest BCUT2D eigenvalue weighted by atomic mass is 16.5. The van der Waals surface area contributed by atoms with Gasteiger partial charge in [0.1, 0.15) is 5.69 Å². The molecule has 1 aromatic carbocycles. The normalized spacial score (nSPS) is 10.1. The van der Waals surface area contributed by atoms with Gasteiger partial charge < -0.3 is 9.47 Å². The molecule has 20 heavy (non-hydrogen) atoms. The lowest BCUT2D eigenvalue weighted by Gasteiger charge is -2.09. The molecule has 0 amide bonds. The zero-order valence-corrected chi connectivity index (χ0v) is 11.6. The van der Waals surface area contributed by atoms with Crippen molar-refractivity contribution in [3.63, 3.8) is 0 Å². The molecule has 0 fully saturated rings. The molecule has 1 heterocycles. The molecule has 0 saturated heterocycles. The number of pyridine rings is 1. The van der Waals surface area contributed by atoms with Crippen molar-refractivity contribution in [2.24, 2.45) is 0 Å². The fourth-order valence-electron chi connectivity index (χ4n) is 1.95. The van der Waals surface area contributed by atoms with Crippen molar-refractivity contribution < 1.29 is 14.3 Å². The van der Waals surface area contributed by atoms with Gasteiger partial charge in [0.2, 0.25) is 0 Å². The van der Waals surface area contributed by atoms with E-state index in [1.54, 1.807) is 32.5 Å². The van der Waals surface area contributed by atoms with Crippen LogP contribution in [0.5, 0.6) is 11.5 Å². The zero-order valence-electron chi connectivity index (χ0n) is 11.6. The van der Waals surface area contributed by atoms with Gasteiger partial charge in [-0.05, 0) is 36.2 Å². The lowest BCUT2D eigenvalue weighted by atomic mass is 10.1. The van der Waals surface area contributed by atoms with Crippen LogP contribution in [0.4, 0.5) is 0 Å². The molecule has 104 valence electrons. The number of ether oxygens (including phenoxy) is 2. The number of nitrogens with zero attached hydrogens (tertiary/aromatic N) is 1. The molecule has 4 nitrogen and oxygen atoms in total. The molecule has 1 aromatic heterocycles. The number of hydrogen-bond donors (Lipinski definition) is 0. The Kier molecular flexibility index (Phi) is 4.71. The number of aryl methyl sites for hydroxylation is 1. The van der Waals surface area contributed by atoms with Crippen LogP contribution < -0.4 is 9.47 Å². The van der Waals surface area contributed by atoms with Gasteiger partial charge in [-0.15, -0.1) is 0 Å². The number of carbonyl (C=O) groups excluding carboxylic acids is 1. The number of methoxy groups -OCH3 is 2. The second kappa shape index (κ2) is 6.70. The summed E-state index contributed by atoms with van der Waals surface area (Å²) in [4.78, 5) is 16.0. The maximum Gasteiger partial charge on any atom is 0.181 e. The average molecular weight is 271 g/mol. The molecule has 0 aliphatic rings. The van der Waals surface area contributed by atoms with Gasteiger partial charge in [-0.3, -0.25) is 9.78 Å². The first kappa shape index (κ1) is 14.1. The number of benzene rings is 1. The van der Waals surface area contributed by atoms with Gasteiger partial charge >= 0.3 is 0 Å². The quantitative estimate of drug-likeness (QED) is 0.758. The van der Waals surface area contributed by atoms with E-state index in [1.165, 1.54) is 0 Å². The SMILES string of the molecule is COc1ccc(CCC(=O)c2ccccn2)cc1OC. The minimum Gasteiger partial charge on any atom is -0.493 e. The third-order valence-electron chi connectivity index (χ3n) is 3.04. The highest BCUT2D eigenvalue weighted by Gasteiger charge is 2.09. The van der Waals surface area contributed by atoms with E-state index in [2.05, 4.69) is 4.98 Å². The minimum atomic E-state index is 0.0420. The van der Waals surface area contributed by atoms with Crippen molar-refractivity contribution in [2.45, 2.75) is 12.8 Å². The summed E-state index contributed by atoms with van der Waals surface area (Å²) in [5.74, 6) is 1.41. The van der Waals surface area contributed by atoms with E-state index in [-0.39, 0.29) is 5.78 Å². The fourth-order valence-corrected chi connectivity index (χ4v) is 1.95. The van der Waals surface area contributed by atoms with Gasteiger partial charge in [-0.25, -0.2) is 0 Å². The Bertz CT molecular complexity index is 582. The zero-order chi connectivity index (χ0) is 14.4. The van der Waals surface area contributed by atoms with Crippen LogP contribution in [-0.4, -0.2) is 25.0 Å². The molecule has 0 atom stereocenters. The molecule has 0 aliphatic carbocycles. The van der Waals surface area contributed by atoms with Crippen LogP contribution in [0.2, 0.25) is 0 Å². The van der Waals surface area contributed by atoms with Crippen molar-refractivity contribution in [1.82, 2.24) is 4.98 Å². The van der Waals surface area contributed by atoms with Gasteiger partial charge in [0.15, 0.2) is 17.3 Å². The Balaban J connectivity index is 2.02. The van der Waals surface area contributed by atoms with E-state index in [9.17, 15) is 4.79 Å². The molecule has 0 N–H and O–H groups in total. The Morgan fingerprint density at radius 1 is 1.10 bits per heavy atom. The number of Topliss-reactive ketones (excluding diaryl/α,β-unsaturated/α-hetero) is 1. The summed E-state index contributed by atoms with van der Waals surface area (Å²) in [6, 6.07) is 11.0. The van der Waals surface area contributed by atoms with Gasteiger partial charge in [0.05, 0.1) is 14.2 Å². The van der Waals surface area contributed by atoms with Crippen molar-refractivity contribution in [1.29, 1.82) is 0 Å². The largest absolute Gasteiger partial charge is 0.493 e. The van der Waals surface area contributed by atoms with E-state index in [0.717, 1.165) is 5.56 Å². The second-order valence-corrected chi connectivity index (χ2v) is 4.33. The number of aromatic nitrogens is 1. The number of carbonyl (C=O) groups is 1. The topological polar surface area (TPSA) is 48.4 Å². The molecule has 2 rings (SSSR count). The first-order valence-corrected chi connectivity index (χ1v) is 6.39. The van der Waals surface area contributed by atoms with Crippen LogP contribution in [0.15, 0.2) is 42.6 Å². The molecule has 0 aliphatic heterocycles. The Morgan fingerprint density at radius 2 is 1.90 bits per heavy atom. The van der Waals surface area contributed by atoms with Crippen molar-refractivity contribution in [2.75, 3.05) is 14.2 Å². The van der Waals surface area contributed by atoms with E-state index < -0.39 is 0 Å². The van der Waals surface area contributed by atoms with E-state index >= 15 is 0 Å². The molecular formula is C16H17NO3. The summed E-state index contributed by atoms with van der Waals surface area (Å²) in [5.41, 5.74) is 1.54. The molecule has 2 aromatic rings. The predicted molar refractivity (Wildman–Crippen MR) is 76.4 cm³/mol. The average Bonchev–Trinajstić information content (AvgIpc) is 2.53. The first-order chi connectivity index (χ1) is 9.74. The third-order valence-corrected chi connectivity index (χ3v) is 3.04. The van der Waals surface area contributed by atoms with Crippen LogP contribution in [0.1, 0.15) is 22.5 Å². The van der Waals surface area contributed by atoms with E-state index in [4.69, 9.17) is 9.47 Å². The van der Waals surface area contributed by atoms with Gasteiger partial charge in [-0.1, -0.05) is 12.1 Å². The molecule has 4 heteroatoms. The maximum atomic E-state index is 12.0. The lowest BCUT2D eigenvalue weighted by Crippen LogP contribution is -2.03. The van der Waals surface area contributed by atoms with Gasteiger partial charge in [0, 0.05) is 12.6 Å². The molecule has 0 bridgehead atoms. The third kappa shape index (κ3) is 3.35. The van der Waals surface area contributed by atoms with E-state index in [0.29, 0.717) is 30.0 Å². The maximum absolute atomic E-state index is 12.0. The lowest BCUT2D eigenvalue weighted by molar-refractivity contribution is 0.0978. The second-order valence-electron chi connectivity index (χ2n) is 4.33. The summed E-state index contributed by atoms with van der Waals surface area (Å²) in [6.07, 6.45) is 2.70. The smallest absolute Gasteiger partial charge is 0.181 e. The van der Waals surface area contributed by atoms with Crippen LogP contribution in [0.3, 0.4) is 0 Å². The standard InChI is InChI=1S/C16H17NO3/c1-19-15-9-7-12(11-16(15)20-2)6-8-14(18)13-5-3-4-10-17-13/h3-5,7,9-11H,6,8H2,1-2H3. The van der Waals surface area contributed by atoms with Crippen molar-refractivity contribution in [3.05, 3.63) is 53.9 Å². The molecular weight excluding hydrogens is 254 g/mol.